The molecule has 2 N–H and O–H groups in total. The molecule has 0 aromatic heterocycles. The standard InChI is InChI=1S/C22H31N5O2S/c1-23-22(25-16-20-9-6-10-21(15-20)18-30(28,29)24-2)27-13-11-26(12-14-27)17-19-7-4-3-5-8-19/h3-10,15,24H,11-14,16-18H2,1-2H3,(H,23,25). The third-order valence-electron chi connectivity index (χ3n) is 5.24. The van der Waals surface area contributed by atoms with Crippen LogP contribution in [-0.2, 0) is 28.9 Å². The minimum Gasteiger partial charge on any atom is -0.352 e. The molecule has 1 aliphatic heterocycles. The second kappa shape index (κ2) is 10.6. The Kier molecular flexibility index (Phi) is 7.84. The van der Waals surface area contributed by atoms with Crippen LogP contribution in [0.5, 0.6) is 0 Å². The third kappa shape index (κ3) is 6.55. The molecule has 0 radical (unpaired) electrons. The lowest BCUT2D eigenvalue weighted by atomic mass is 10.1. The van der Waals surface area contributed by atoms with E-state index >= 15 is 0 Å². The molecule has 2 aromatic carbocycles. The summed E-state index contributed by atoms with van der Waals surface area (Å²) in [7, 11) is -0.0423. The van der Waals surface area contributed by atoms with Crippen LogP contribution in [-0.4, -0.2) is 64.5 Å². The number of nitrogens with zero attached hydrogens (tertiary/aromatic N) is 3. The van der Waals surface area contributed by atoms with E-state index in [4.69, 9.17) is 0 Å². The fourth-order valence-electron chi connectivity index (χ4n) is 3.59. The van der Waals surface area contributed by atoms with Crippen molar-refractivity contribution >= 4 is 16.0 Å². The largest absolute Gasteiger partial charge is 0.352 e. The molecule has 1 saturated heterocycles. The molecule has 1 heterocycles. The van der Waals surface area contributed by atoms with Crippen molar-refractivity contribution in [3.8, 4) is 0 Å². The molecule has 1 fully saturated rings. The van der Waals surface area contributed by atoms with E-state index in [0.29, 0.717) is 6.54 Å². The summed E-state index contributed by atoms with van der Waals surface area (Å²) >= 11 is 0. The van der Waals surface area contributed by atoms with Gasteiger partial charge in [0.2, 0.25) is 10.0 Å². The maximum absolute atomic E-state index is 11.8. The molecule has 2 aromatic rings. The summed E-state index contributed by atoms with van der Waals surface area (Å²) in [5, 5.41) is 3.42. The number of sulfonamides is 1. The maximum atomic E-state index is 11.8. The van der Waals surface area contributed by atoms with Crippen molar-refractivity contribution in [2.45, 2.75) is 18.8 Å². The van der Waals surface area contributed by atoms with E-state index in [2.05, 4.69) is 49.1 Å². The van der Waals surface area contributed by atoms with Gasteiger partial charge in [0, 0.05) is 46.3 Å². The van der Waals surface area contributed by atoms with Crippen molar-refractivity contribution in [2.24, 2.45) is 4.99 Å². The van der Waals surface area contributed by atoms with Gasteiger partial charge in [0.15, 0.2) is 5.96 Å². The van der Waals surface area contributed by atoms with Crippen LogP contribution >= 0.6 is 0 Å². The number of guanidine groups is 1. The Labute approximate surface area is 179 Å². The number of aliphatic imine (C=N–C) groups is 1. The molecule has 0 unspecified atom stereocenters. The van der Waals surface area contributed by atoms with Crippen molar-refractivity contribution in [2.75, 3.05) is 40.3 Å². The zero-order valence-corrected chi connectivity index (χ0v) is 18.5. The highest BCUT2D eigenvalue weighted by atomic mass is 32.2. The minimum absolute atomic E-state index is 0.0184. The molecule has 162 valence electrons. The minimum atomic E-state index is -3.28. The molecule has 30 heavy (non-hydrogen) atoms. The zero-order valence-electron chi connectivity index (χ0n) is 17.7. The van der Waals surface area contributed by atoms with Gasteiger partial charge in [-0.2, -0.15) is 0 Å². The van der Waals surface area contributed by atoms with Crippen molar-refractivity contribution in [3.05, 3.63) is 71.3 Å². The number of piperazine rings is 1. The molecule has 0 spiro atoms. The van der Waals surface area contributed by atoms with Gasteiger partial charge in [-0.3, -0.25) is 9.89 Å². The molecule has 0 bridgehead atoms. The van der Waals surface area contributed by atoms with E-state index in [0.717, 1.165) is 49.8 Å². The summed E-state index contributed by atoms with van der Waals surface area (Å²) in [6, 6.07) is 18.2. The normalized spacial score (nSPS) is 15.9. The first-order valence-corrected chi connectivity index (χ1v) is 11.9. The third-order valence-corrected chi connectivity index (χ3v) is 6.58. The molecule has 0 amide bonds. The molecular formula is C22H31N5O2S. The highest BCUT2D eigenvalue weighted by Crippen LogP contribution is 2.11. The number of hydrogen-bond donors (Lipinski definition) is 2. The first kappa shape index (κ1) is 22.3. The average Bonchev–Trinajstić information content (AvgIpc) is 2.76. The van der Waals surface area contributed by atoms with Crippen molar-refractivity contribution < 1.29 is 8.42 Å². The quantitative estimate of drug-likeness (QED) is 0.517. The van der Waals surface area contributed by atoms with Crippen molar-refractivity contribution in [1.82, 2.24) is 19.8 Å². The summed E-state index contributed by atoms with van der Waals surface area (Å²) < 4.78 is 25.9. The van der Waals surface area contributed by atoms with Gasteiger partial charge in [0.05, 0.1) is 5.75 Å². The first-order valence-electron chi connectivity index (χ1n) is 10.2. The SMILES string of the molecule is CN=C(NCc1cccc(CS(=O)(=O)NC)c1)N1CCN(Cc2ccccc2)CC1. The van der Waals surface area contributed by atoms with Crippen LogP contribution in [0, 0.1) is 0 Å². The maximum Gasteiger partial charge on any atom is 0.215 e. The molecule has 0 saturated carbocycles. The topological polar surface area (TPSA) is 77.0 Å². The zero-order chi connectivity index (χ0) is 21.4. The predicted octanol–water partition coefficient (Wildman–Crippen LogP) is 1.63. The summed E-state index contributed by atoms with van der Waals surface area (Å²) in [6.45, 7) is 5.41. The van der Waals surface area contributed by atoms with Gasteiger partial charge in [0.1, 0.15) is 0 Å². The molecule has 7 nitrogen and oxygen atoms in total. The van der Waals surface area contributed by atoms with Gasteiger partial charge in [-0.05, 0) is 23.7 Å². The highest BCUT2D eigenvalue weighted by molar-refractivity contribution is 7.88. The van der Waals surface area contributed by atoms with Gasteiger partial charge >= 0.3 is 0 Å². The van der Waals surface area contributed by atoms with Crippen LogP contribution in [0.1, 0.15) is 16.7 Å². The monoisotopic (exact) mass is 429 g/mol. The van der Waals surface area contributed by atoms with Crippen LogP contribution in [0.15, 0.2) is 59.6 Å². The second-order valence-corrected chi connectivity index (χ2v) is 9.36. The average molecular weight is 430 g/mol. The van der Waals surface area contributed by atoms with Gasteiger partial charge in [-0.15, -0.1) is 0 Å². The summed E-state index contributed by atoms with van der Waals surface area (Å²) in [6.07, 6.45) is 0. The molecule has 8 heteroatoms. The molecule has 1 aliphatic rings. The van der Waals surface area contributed by atoms with Crippen molar-refractivity contribution in [3.63, 3.8) is 0 Å². The fraction of sp³-hybridized carbons (Fsp3) is 0.409. The summed E-state index contributed by atoms with van der Waals surface area (Å²) in [4.78, 5) is 9.18. The lowest BCUT2D eigenvalue weighted by Crippen LogP contribution is -2.52. The second-order valence-electron chi connectivity index (χ2n) is 7.43. The first-order chi connectivity index (χ1) is 14.5. The lowest BCUT2D eigenvalue weighted by molar-refractivity contribution is 0.172. The van der Waals surface area contributed by atoms with Crippen LogP contribution in [0.2, 0.25) is 0 Å². The van der Waals surface area contributed by atoms with E-state index < -0.39 is 10.0 Å². The molecular weight excluding hydrogens is 398 g/mol. The van der Waals surface area contributed by atoms with Crippen LogP contribution in [0.3, 0.4) is 0 Å². The Morgan fingerprint density at radius 3 is 2.30 bits per heavy atom. The van der Waals surface area contributed by atoms with Gasteiger partial charge < -0.3 is 10.2 Å². The van der Waals surface area contributed by atoms with Crippen LogP contribution in [0.4, 0.5) is 0 Å². The highest BCUT2D eigenvalue weighted by Gasteiger charge is 2.19. The van der Waals surface area contributed by atoms with Crippen molar-refractivity contribution in [1.29, 1.82) is 0 Å². The van der Waals surface area contributed by atoms with Gasteiger partial charge in [-0.1, -0.05) is 54.6 Å². The Balaban J connectivity index is 1.51. The molecule has 0 atom stereocenters. The van der Waals surface area contributed by atoms with E-state index in [9.17, 15) is 8.42 Å². The van der Waals surface area contributed by atoms with Crippen LogP contribution < -0.4 is 10.0 Å². The smallest absolute Gasteiger partial charge is 0.215 e. The lowest BCUT2D eigenvalue weighted by Gasteiger charge is -2.36. The summed E-state index contributed by atoms with van der Waals surface area (Å²) in [5.74, 6) is 0.859. The number of rotatable bonds is 7. The number of benzene rings is 2. The van der Waals surface area contributed by atoms with E-state index in [1.807, 2.05) is 30.3 Å². The van der Waals surface area contributed by atoms with Gasteiger partial charge in [0.25, 0.3) is 0 Å². The Morgan fingerprint density at radius 2 is 1.63 bits per heavy atom. The van der Waals surface area contributed by atoms with Crippen LogP contribution in [0.25, 0.3) is 0 Å². The Morgan fingerprint density at radius 1 is 0.967 bits per heavy atom. The fourth-order valence-corrected chi connectivity index (χ4v) is 4.36. The molecule has 0 aliphatic carbocycles. The van der Waals surface area contributed by atoms with E-state index in [1.54, 1.807) is 7.05 Å². The summed E-state index contributed by atoms with van der Waals surface area (Å²) in [5.41, 5.74) is 3.14. The van der Waals surface area contributed by atoms with E-state index in [-0.39, 0.29) is 5.75 Å². The van der Waals surface area contributed by atoms with Gasteiger partial charge in [-0.25, -0.2) is 13.1 Å². The number of hydrogen-bond acceptors (Lipinski definition) is 4. The number of nitrogens with one attached hydrogen (secondary N) is 2. The predicted molar refractivity (Wildman–Crippen MR) is 122 cm³/mol. The van der Waals surface area contributed by atoms with E-state index in [1.165, 1.54) is 12.6 Å². The Hall–Kier alpha value is -2.42. The Bertz CT molecular complexity index is 939. The molecule has 3 rings (SSSR count).